The highest BCUT2D eigenvalue weighted by Gasteiger charge is 2.43. The number of ether oxygens (including phenoxy) is 1. The summed E-state index contributed by atoms with van der Waals surface area (Å²) in [6.45, 7) is 5.75. The van der Waals surface area contributed by atoms with E-state index in [9.17, 15) is 8.78 Å². The molecule has 3 heteroatoms. The molecule has 0 aliphatic carbocycles. The van der Waals surface area contributed by atoms with Crippen molar-refractivity contribution in [1.29, 1.82) is 0 Å². The maximum atomic E-state index is 12.9. The van der Waals surface area contributed by atoms with Crippen LogP contribution in [0, 0.1) is 5.92 Å². The standard InChI is InChI=1S/C11H20F2O/c1-4-5-9(2)10(3)6-7-11(12,13)8-14-10/h9H,4-8H2,1-3H3/t9?,10-/m1/s1. The Morgan fingerprint density at radius 1 is 1.36 bits per heavy atom. The molecule has 2 atom stereocenters. The van der Waals surface area contributed by atoms with Gasteiger partial charge < -0.3 is 4.74 Å². The molecule has 1 nitrogen and oxygen atoms in total. The first kappa shape index (κ1) is 11.9. The molecule has 1 saturated heterocycles. The normalized spacial score (nSPS) is 34.1. The molecule has 84 valence electrons. The van der Waals surface area contributed by atoms with Crippen LogP contribution >= 0.6 is 0 Å². The predicted octanol–water partition coefficient (Wildman–Crippen LogP) is 3.63. The Hall–Kier alpha value is -0.180. The molecule has 0 spiro atoms. The number of rotatable bonds is 3. The second-order valence-electron chi connectivity index (χ2n) is 4.65. The average Bonchev–Trinajstić information content (AvgIpc) is 2.11. The van der Waals surface area contributed by atoms with Crippen LogP contribution in [0.5, 0.6) is 0 Å². The Kier molecular flexibility index (Phi) is 3.51. The van der Waals surface area contributed by atoms with Crippen LogP contribution in [0.2, 0.25) is 0 Å². The van der Waals surface area contributed by atoms with Gasteiger partial charge in [-0.05, 0) is 25.7 Å². The summed E-state index contributed by atoms with van der Waals surface area (Å²) < 4.78 is 31.1. The molecule has 0 amide bonds. The number of halogens is 2. The molecule has 0 N–H and O–H groups in total. The molecule has 1 fully saturated rings. The maximum Gasteiger partial charge on any atom is 0.271 e. The van der Waals surface area contributed by atoms with E-state index >= 15 is 0 Å². The van der Waals surface area contributed by atoms with E-state index in [1.54, 1.807) is 0 Å². The summed E-state index contributed by atoms with van der Waals surface area (Å²) in [6.07, 6.45) is 2.57. The first-order valence-corrected chi connectivity index (χ1v) is 5.41. The SMILES string of the molecule is CCCC(C)[C@@]1(C)CCC(F)(F)CO1. The third kappa shape index (κ3) is 2.66. The van der Waals surface area contributed by atoms with E-state index in [4.69, 9.17) is 4.74 Å². The van der Waals surface area contributed by atoms with Crippen molar-refractivity contribution in [2.75, 3.05) is 6.61 Å². The van der Waals surface area contributed by atoms with Gasteiger partial charge in [-0.15, -0.1) is 0 Å². The highest BCUT2D eigenvalue weighted by molar-refractivity contribution is 4.88. The third-order valence-electron chi connectivity index (χ3n) is 3.36. The van der Waals surface area contributed by atoms with Crippen molar-refractivity contribution in [2.24, 2.45) is 5.92 Å². The fraction of sp³-hybridized carbons (Fsp3) is 1.00. The lowest BCUT2D eigenvalue weighted by atomic mass is 9.81. The Labute approximate surface area is 84.8 Å². The summed E-state index contributed by atoms with van der Waals surface area (Å²) in [5.74, 6) is -2.24. The van der Waals surface area contributed by atoms with Crippen molar-refractivity contribution in [2.45, 2.75) is 58.0 Å². The highest BCUT2D eigenvalue weighted by Crippen LogP contribution is 2.39. The van der Waals surface area contributed by atoms with Crippen molar-refractivity contribution in [1.82, 2.24) is 0 Å². The van der Waals surface area contributed by atoms with Crippen LogP contribution in [-0.2, 0) is 4.74 Å². The van der Waals surface area contributed by atoms with Gasteiger partial charge in [0.1, 0.15) is 6.61 Å². The second kappa shape index (κ2) is 4.13. The Balaban J connectivity index is 2.52. The van der Waals surface area contributed by atoms with Crippen LogP contribution in [-0.4, -0.2) is 18.1 Å². The van der Waals surface area contributed by atoms with Gasteiger partial charge in [0.15, 0.2) is 0 Å². The van der Waals surface area contributed by atoms with E-state index in [1.807, 2.05) is 6.92 Å². The topological polar surface area (TPSA) is 9.23 Å². The van der Waals surface area contributed by atoms with Gasteiger partial charge in [0.25, 0.3) is 5.92 Å². The van der Waals surface area contributed by atoms with Gasteiger partial charge in [0.05, 0.1) is 5.60 Å². The van der Waals surface area contributed by atoms with Crippen LogP contribution in [0.1, 0.15) is 46.5 Å². The molecule has 0 saturated carbocycles. The molecule has 1 unspecified atom stereocenters. The van der Waals surface area contributed by atoms with Crippen LogP contribution < -0.4 is 0 Å². The molecule has 0 bridgehead atoms. The van der Waals surface area contributed by atoms with Crippen molar-refractivity contribution < 1.29 is 13.5 Å². The Bertz CT molecular complexity index is 182. The van der Waals surface area contributed by atoms with Gasteiger partial charge in [-0.2, -0.15) is 0 Å². The smallest absolute Gasteiger partial charge is 0.271 e. The monoisotopic (exact) mass is 206 g/mol. The lowest BCUT2D eigenvalue weighted by molar-refractivity contribution is -0.198. The minimum Gasteiger partial charge on any atom is -0.369 e. The molecule has 0 radical (unpaired) electrons. The second-order valence-corrected chi connectivity index (χ2v) is 4.65. The molecule has 14 heavy (non-hydrogen) atoms. The summed E-state index contributed by atoms with van der Waals surface area (Å²) >= 11 is 0. The van der Waals surface area contributed by atoms with Crippen LogP contribution in [0.25, 0.3) is 0 Å². The molecule has 0 aromatic heterocycles. The largest absolute Gasteiger partial charge is 0.369 e. The van der Waals surface area contributed by atoms with Gasteiger partial charge >= 0.3 is 0 Å². The van der Waals surface area contributed by atoms with Crippen LogP contribution in [0.3, 0.4) is 0 Å². The van der Waals surface area contributed by atoms with Gasteiger partial charge in [-0.25, -0.2) is 8.78 Å². The fourth-order valence-electron chi connectivity index (χ4n) is 1.97. The van der Waals surface area contributed by atoms with Crippen LogP contribution in [0.4, 0.5) is 8.78 Å². The summed E-state index contributed by atoms with van der Waals surface area (Å²) in [4.78, 5) is 0. The first-order valence-electron chi connectivity index (χ1n) is 5.41. The van der Waals surface area contributed by atoms with E-state index in [0.29, 0.717) is 12.3 Å². The molecule has 0 aromatic carbocycles. The maximum absolute atomic E-state index is 12.9. The summed E-state index contributed by atoms with van der Waals surface area (Å²) in [5.41, 5.74) is -0.336. The summed E-state index contributed by atoms with van der Waals surface area (Å²) in [6, 6.07) is 0. The Morgan fingerprint density at radius 3 is 2.43 bits per heavy atom. The predicted molar refractivity (Wildman–Crippen MR) is 52.6 cm³/mol. The van der Waals surface area contributed by atoms with Gasteiger partial charge in [0, 0.05) is 6.42 Å². The number of hydrogen-bond acceptors (Lipinski definition) is 1. The van der Waals surface area contributed by atoms with Crippen LogP contribution in [0.15, 0.2) is 0 Å². The van der Waals surface area contributed by atoms with Gasteiger partial charge in [0.2, 0.25) is 0 Å². The summed E-state index contributed by atoms with van der Waals surface area (Å²) in [7, 11) is 0. The van der Waals surface area contributed by atoms with E-state index in [-0.39, 0.29) is 12.0 Å². The van der Waals surface area contributed by atoms with E-state index in [2.05, 4.69) is 13.8 Å². The van der Waals surface area contributed by atoms with Gasteiger partial charge in [-0.1, -0.05) is 20.3 Å². The zero-order valence-corrected chi connectivity index (χ0v) is 9.28. The quantitative estimate of drug-likeness (QED) is 0.685. The average molecular weight is 206 g/mol. The fourth-order valence-corrected chi connectivity index (χ4v) is 1.97. The minimum absolute atomic E-state index is 0.0302. The minimum atomic E-state index is -2.61. The molecule has 0 aromatic rings. The Morgan fingerprint density at radius 2 is 2.00 bits per heavy atom. The number of hydrogen-bond donors (Lipinski definition) is 0. The van der Waals surface area contributed by atoms with Crippen molar-refractivity contribution in [3.05, 3.63) is 0 Å². The van der Waals surface area contributed by atoms with Crippen molar-refractivity contribution in [3.8, 4) is 0 Å². The molecule has 1 aliphatic heterocycles. The first-order chi connectivity index (χ1) is 6.40. The van der Waals surface area contributed by atoms with Gasteiger partial charge in [-0.3, -0.25) is 0 Å². The zero-order valence-electron chi connectivity index (χ0n) is 9.28. The lowest BCUT2D eigenvalue weighted by Gasteiger charge is -2.41. The summed E-state index contributed by atoms with van der Waals surface area (Å²) in [5, 5.41) is 0. The van der Waals surface area contributed by atoms with E-state index < -0.39 is 12.5 Å². The molecule has 1 rings (SSSR count). The molecular weight excluding hydrogens is 186 g/mol. The molecule has 1 aliphatic rings. The molecular formula is C11H20F2O. The van der Waals surface area contributed by atoms with E-state index in [1.165, 1.54) is 0 Å². The zero-order chi connectivity index (χ0) is 10.8. The van der Waals surface area contributed by atoms with Crippen molar-refractivity contribution in [3.63, 3.8) is 0 Å². The van der Waals surface area contributed by atoms with E-state index in [0.717, 1.165) is 12.8 Å². The highest BCUT2D eigenvalue weighted by atomic mass is 19.3. The molecule has 1 heterocycles. The third-order valence-corrected chi connectivity index (χ3v) is 3.36. The lowest BCUT2D eigenvalue weighted by Crippen LogP contribution is -2.46. The van der Waals surface area contributed by atoms with Crippen molar-refractivity contribution >= 4 is 0 Å². The number of alkyl halides is 2.